The van der Waals surface area contributed by atoms with Gasteiger partial charge in [-0.3, -0.25) is 0 Å². The molecule has 6 heavy (non-hydrogen) atoms. The summed E-state index contributed by atoms with van der Waals surface area (Å²) in [6, 6.07) is 0. The van der Waals surface area contributed by atoms with Crippen LogP contribution in [-0.4, -0.2) is 9.14 Å². The molecule has 0 aliphatic carbocycles. The summed E-state index contributed by atoms with van der Waals surface area (Å²) >= 11 is 0. The van der Waals surface area contributed by atoms with E-state index >= 15 is 0 Å². The van der Waals surface area contributed by atoms with Crippen molar-refractivity contribution in [3.8, 4) is 0 Å². The smallest absolute Gasteiger partial charge is 0 e. The van der Waals surface area contributed by atoms with E-state index in [-0.39, 0.29) is 22.4 Å². The van der Waals surface area contributed by atoms with E-state index in [1.165, 1.54) is 0 Å². The second-order valence-corrected chi connectivity index (χ2v) is 1.44. The normalized spacial score (nSPS) is 10.0. The SMILES string of the molecule is [Ag].[O-][Si]([O-])([O-])F. The fourth-order valence-electron chi connectivity index (χ4n) is 0. The number of hydrogen-bond donors (Lipinski definition) is 0. The minimum atomic E-state index is -5.86. The molecule has 0 atom stereocenters. The Hall–Kier alpha value is 0.767. The largest absolute Gasteiger partial charge is 0.857 e. The minimum absolute atomic E-state index is 0. The monoisotopic (exact) mass is 202 g/mol. The van der Waals surface area contributed by atoms with Crippen molar-refractivity contribution >= 4 is 9.14 Å². The summed E-state index contributed by atoms with van der Waals surface area (Å²) in [5.41, 5.74) is 0. The van der Waals surface area contributed by atoms with Crippen LogP contribution in [0.15, 0.2) is 0 Å². The first-order valence-electron chi connectivity index (χ1n) is 0.801. The molecule has 0 heterocycles. The number of hydrogen-bond acceptors (Lipinski definition) is 3. The summed E-state index contributed by atoms with van der Waals surface area (Å²) < 4.78 is 10.2. The zero-order valence-corrected chi connectivity index (χ0v) is 4.89. The molecule has 43 valence electrons. The molecule has 0 aromatic heterocycles. The molecule has 0 aromatic carbocycles. The number of rotatable bonds is 0. The predicted octanol–water partition coefficient (Wildman–Crippen LogP) is -3.53. The zero-order valence-electron chi connectivity index (χ0n) is 2.40. The Morgan fingerprint density at radius 1 is 1.17 bits per heavy atom. The van der Waals surface area contributed by atoms with Crippen LogP contribution in [0.2, 0.25) is 0 Å². The van der Waals surface area contributed by atoms with Gasteiger partial charge in [0.15, 0.2) is 0 Å². The maximum Gasteiger partial charge on any atom is 0 e. The Balaban J connectivity index is 0. The minimum Gasteiger partial charge on any atom is -0.857 e. The fraction of sp³-hybridized carbons (Fsp3) is 0. The molecule has 3 nitrogen and oxygen atoms in total. The summed E-state index contributed by atoms with van der Waals surface area (Å²) in [5, 5.41) is 0. The van der Waals surface area contributed by atoms with Crippen LogP contribution in [0.1, 0.15) is 0 Å². The molecule has 0 saturated heterocycles. The van der Waals surface area contributed by atoms with E-state index < -0.39 is 9.14 Å². The molecule has 0 N–H and O–H groups in total. The maximum absolute atomic E-state index is 10.2. The summed E-state index contributed by atoms with van der Waals surface area (Å²) in [6.07, 6.45) is 0. The van der Waals surface area contributed by atoms with E-state index in [4.69, 9.17) is 14.4 Å². The molecule has 0 aliphatic heterocycles. The van der Waals surface area contributed by atoms with Crippen LogP contribution in [0.4, 0.5) is 4.11 Å². The van der Waals surface area contributed by atoms with Crippen molar-refractivity contribution in [3.05, 3.63) is 0 Å². The first-order chi connectivity index (χ1) is 2.00. The van der Waals surface area contributed by atoms with Crippen molar-refractivity contribution in [2.75, 3.05) is 0 Å². The Morgan fingerprint density at radius 3 is 1.17 bits per heavy atom. The maximum atomic E-state index is 10.2. The van der Waals surface area contributed by atoms with E-state index in [1.807, 2.05) is 0 Å². The van der Waals surface area contributed by atoms with E-state index in [9.17, 15) is 4.11 Å². The molecule has 0 bridgehead atoms. The van der Waals surface area contributed by atoms with Crippen molar-refractivity contribution in [2.24, 2.45) is 0 Å². The van der Waals surface area contributed by atoms with Gasteiger partial charge in [0.05, 0.1) is 0 Å². The average Bonchev–Trinajstić information content (AvgIpc) is 0.722. The molecular weight excluding hydrogens is 203 g/mol. The third-order valence-electron chi connectivity index (χ3n) is 0. The van der Waals surface area contributed by atoms with Crippen LogP contribution in [0, 0.1) is 0 Å². The first kappa shape index (κ1) is 9.90. The molecular formula is AgFO3Si-3. The van der Waals surface area contributed by atoms with E-state index in [0.29, 0.717) is 0 Å². The topological polar surface area (TPSA) is 69.2 Å². The predicted molar refractivity (Wildman–Crippen MR) is 6.86 cm³/mol. The van der Waals surface area contributed by atoms with E-state index in [0.717, 1.165) is 0 Å². The molecule has 0 spiro atoms. The molecule has 6 heteroatoms. The van der Waals surface area contributed by atoms with Gasteiger partial charge in [-0.1, -0.05) is 9.14 Å². The van der Waals surface area contributed by atoms with Crippen molar-refractivity contribution < 1.29 is 40.9 Å². The summed E-state index contributed by atoms with van der Waals surface area (Å²) in [7, 11) is -5.86. The third kappa shape index (κ3) is 115. The van der Waals surface area contributed by atoms with Gasteiger partial charge >= 0.3 is 0 Å². The van der Waals surface area contributed by atoms with Gasteiger partial charge in [-0.2, -0.15) is 0 Å². The van der Waals surface area contributed by atoms with Crippen LogP contribution < -0.4 is 14.4 Å². The van der Waals surface area contributed by atoms with Crippen molar-refractivity contribution in [2.45, 2.75) is 0 Å². The van der Waals surface area contributed by atoms with E-state index in [2.05, 4.69) is 0 Å². The zero-order chi connectivity index (χ0) is 4.50. The van der Waals surface area contributed by atoms with Gasteiger partial charge in [0.25, 0.3) is 0 Å². The van der Waals surface area contributed by atoms with Gasteiger partial charge in [-0.25, -0.2) is 0 Å². The molecule has 0 rings (SSSR count). The van der Waals surface area contributed by atoms with Gasteiger partial charge in [-0.05, 0) is 0 Å². The van der Waals surface area contributed by atoms with Crippen LogP contribution in [0.3, 0.4) is 0 Å². The van der Waals surface area contributed by atoms with Gasteiger partial charge in [0.2, 0.25) is 0 Å². The van der Waals surface area contributed by atoms with Gasteiger partial charge in [0, 0.05) is 22.4 Å². The molecule has 0 unspecified atom stereocenters. The van der Waals surface area contributed by atoms with Crippen LogP contribution >= 0.6 is 0 Å². The van der Waals surface area contributed by atoms with Crippen LogP contribution in [0.5, 0.6) is 0 Å². The molecule has 0 aromatic rings. The van der Waals surface area contributed by atoms with Crippen molar-refractivity contribution in [1.82, 2.24) is 0 Å². The molecule has 1 radical (unpaired) electrons. The third-order valence-corrected chi connectivity index (χ3v) is 0. The first-order valence-corrected chi connectivity index (χ1v) is 2.40. The fourth-order valence-corrected chi connectivity index (χ4v) is 0. The summed E-state index contributed by atoms with van der Waals surface area (Å²) in [6.45, 7) is 0. The van der Waals surface area contributed by atoms with Gasteiger partial charge < -0.3 is 18.5 Å². The molecule has 0 aliphatic rings. The van der Waals surface area contributed by atoms with Crippen LogP contribution in [-0.2, 0) is 22.4 Å². The van der Waals surface area contributed by atoms with Crippen molar-refractivity contribution in [1.29, 1.82) is 0 Å². The van der Waals surface area contributed by atoms with Gasteiger partial charge in [0.1, 0.15) is 0 Å². The number of halogens is 1. The quantitative estimate of drug-likeness (QED) is 0.302. The second-order valence-electron chi connectivity index (χ2n) is 0.481. The van der Waals surface area contributed by atoms with Crippen molar-refractivity contribution in [3.63, 3.8) is 0 Å². The molecule has 0 amide bonds. The van der Waals surface area contributed by atoms with Crippen LogP contribution in [0.25, 0.3) is 0 Å². The second kappa shape index (κ2) is 2.86. The summed E-state index contributed by atoms with van der Waals surface area (Å²) in [5.74, 6) is 0. The molecule has 0 fully saturated rings. The average molecular weight is 203 g/mol. The molecule has 0 saturated carbocycles. The Kier molecular flexibility index (Phi) is 4.72. The Morgan fingerprint density at radius 2 is 1.17 bits per heavy atom. The standard InChI is InChI=1S/Ag.FO3Si/c;1-5(2,3)4/q;-3. The van der Waals surface area contributed by atoms with E-state index in [1.54, 1.807) is 0 Å². The van der Waals surface area contributed by atoms with Gasteiger partial charge in [-0.15, -0.1) is 0 Å². The summed E-state index contributed by atoms with van der Waals surface area (Å²) in [4.78, 5) is 25.4. The Bertz CT molecular complexity index is 26.3. The Labute approximate surface area is 50.5 Å².